The standard InChI is InChI=1S/C28H25ClN4O/c29-22-3-1-2-20(12-22)24-14-25(24)28(34)33-27-13-23(8-9-30-27)31-15-17-10-21-11-19(18-4-5-18)6-7-26(21)32-16-17/h1-3,6-13,16,18,24-25H,4-5,14-15H2,(H2,30,31,33,34). The van der Waals surface area contributed by atoms with Crippen molar-refractivity contribution in [3.63, 3.8) is 0 Å². The molecule has 0 saturated heterocycles. The first-order chi connectivity index (χ1) is 16.6. The second-order valence-electron chi connectivity index (χ2n) is 9.35. The van der Waals surface area contributed by atoms with Crippen molar-refractivity contribution in [3.05, 3.63) is 94.8 Å². The lowest BCUT2D eigenvalue weighted by molar-refractivity contribution is -0.117. The van der Waals surface area contributed by atoms with E-state index in [1.807, 2.05) is 42.6 Å². The molecular formula is C28H25ClN4O. The number of carbonyl (C=O) groups excluding carboxylic acids is 1. The smallest absolute Gasteiger partial charge is 0.229 e. The van der Waals surface area contributed by atoms with E-state index in [1.165, 1.54) is 23.8 Å². The van der Waals surface area contributed by atoms with E-state index in [-0.39, 0.29) is 17.7 Å². The molecule has 2 atom stereocenters. The quantitative estimate of drug-likeness (QED) is 0.324. The first-order valence-corrected chi connectivity index (χ1v) is 12.1. The zero-order valence-electron chi connectivity index (χ0n) is 18.7. The summed E-state index contributed by atoms with van der Waals surface area (Å²) in [6, 6.07) is 20.3. The summed E-state index contributed by atoms with van der Waals surface area (Å²) in [5, 5.41) is 8.29. The Bertz CT molecular complexity index is 1380. The van der Waals surface area contributed by atoms with Crippen LogP contribution in [0.3, 0.4) is 0 Å². The van der Waals surface area contributed by atoms with Crippen molar-refractivity contribution in [1.29, 1.82) is 0 Å². The van der Waals surface area contributed by atoms with Crippen LogP contribution >= 0.6 is 11.6 Å². The van der Waals surface area contributed by atoms with Crippen molar-refractivity contribution in [2.24, 2.45) is 5.92 Å². The Hall–Kier alpha value is -3.44. The summed E-state index contributed by atoms with van der Waals surface area (Å²) in [4.78, 5) is 21.7. The lowest BCUT2D eigenvalue weighted by atomic mass is 10.1. The second kappa shape index (κ2) is 8.73. The van der Waals surface area contributed by atoms with Crippen molar-refractivity contribution in [2.75, 3.05) is 10.6 Å². The summed E-state index contributed by atoms with van der Waals surface area (Å²) in [6.45, 7) is 0.646. The number of aromatic nitrogens is 2. The molecule has 2 saturated carbocycles. The number of rotatable bonds is 7. The Morgan fingerprint density at radius 3 is 2.76 bits per heavy atom. The lowest BCUT2D eigenvalue weighted by Gasteiger charge is -2.10. The van der Waals surface area contributed by atoms with Gasteiger partial charge in [-0.1, -0.05) is 29.8 Å². The number of fused-ring (bicyclic) bond motifs is 1. The molecule has 2 aromatic carbocycles. The van der Waals surface area contributed by atoms with Crippen LogP contribution in [0.5, 0.6) is 0 Å². The van der Waals surface area contributed by atoms with Gasteiger partial charge in [0, 0.05) is 47.0 Å². The summed E-state index contributed by atoms with van der Waals surface area (Å²) >= 11 is 6.09. The Morgan fingerprint density at radius 2 is 1.91 bits per heavy atom. The maximum absolute atomic E-state index is 12.7. The average molecular weight is 469 g/mol. The van der Waals surface area contributed by atoms with Crippen LogP contribution < -0.4 is 10.6 Å². The second-order valence-corrected chi connectivity index (χ2v) is 9.78. The number of halogens is 1. The number of anilines is 2. The van der Waals surface area contributed by atoms with Gasteiger partial charge in [-0.2, -0.15) is 0 Å². The van der Waals surface area contributed by atoms with Gasteiger partial charge in [0.05, 0.1) is 5.52 Å². The number of hydrogen-bond acceptors (Lipinski definition) is 4. The third kappa shape index (κ3) is 4.62. The Labute approximate surface area is 203 Å². The van der Waals surface area contributed by atoms with Gasteiger partial charge in [0.25, 0.3) is 0 Å². The molecule has 2 unspecified atom stereocenters. The Kier molecular flexibility index (Phi) is 5.42. The van der Waals surface area contributed by atoms with Crippen LogP contribution in [0.25, 0.3) is 10.9 Å². The molecule has 0 bridgehead atoms. The molecule has 1 amide bonds. The topological polar surface area (TPSA) is 66.9 Å². The molecule has 0 aliphatic heterocycles. The Balaban J connectivity index is 1.09. The zero-order chi connectivity index (χ0) is 23.1. The summed E-state index contributed by atoms with van der Waals surface area (Å²) in [7, 11) is 0. The molecule has 2 heterocycles. The predicted molar refractivity (Wildman–Crippen MR) is 136 cm³/mol. The van der Waals surface area contributed by atoms with Crippen molar-refractivity contribution in [3.8, 4) is 0 Å². The summed E-state index contributed by atoms with van der Waals surface area (Å²) in [5.74, 6) is 1.47. The summed E-state index contributed by atoms with van der Waals surface area (Å²) < 4.78 is 0. The monoisotopic (exact) mass is 468 g/mol. The number of carbonyl (C=O) groups is 1. The summed E-state index contributed by atoms with van der Waals surface area (Å²) in [6.07, 6.45) is 7.05. The highest BCUT2D eigenvalue weighted by molar-refractivity contribution is 6.30. The molecular weight excluding hydrogens is 444 g/mol. The minimum atomic E-state index is -0.0407. The highest BCUT2D eigenvalue weighted by Gasteiger charge is 2.44. The van der Waals surface area contributed by atoms with Gasteiger partial charge in [-0.3, -0.25) is 9.78 Å². The highest BCUT2D eigenvalue weighted by Crippen LogP contribution is 2.48. The van der Waals surface area contributed by atoms with Crippen LogP contribution in [0.1, 0.15) is 47.8 Å². The average Bonchev–Trinajstić information content (AvgIpc) is 3.76. The van der Waals surface area contributed by atoms with Gasteiger partial charge in [-0.15, -0.1) is 0 Å². The van der Waals surface area contributed by atoms with Crippen molar-refractivity contribution in [2.45, 2.75) is 37.6 Å². The van der Waals surface area contributed by atoms with E-state index in [0.717, 1.165) is 34.7 Å². The maximum atomic E-state index is 12.7. The number of pyridine rings is 2. The fraction of sp³-hybridized carbons (Fsp3) is 0.250. The van der Waals surface area contributed by atoms with E-state index in [2.05, 4.69) is 44.9 Å². The lowest BCUT2D eigenvalue weighted by Crippen LogP contribution is -2.15. The van der Waals surface area contributed by atoms with Crippen molar-refractivity contribution < 1.29 is 4.79 Å². The molecule has 2 aliphatic carbocycles. The van der Waals surface area contributed by atoms with E-state index in [4.69, 9.17) is 11.6 Å². The third-order valence-corrected chi connectivity index (χ3v) is 6.96. The molecule has 2 aromatic heterocycles. The minimum Gasteiger partial charge on any atom is -0.381 e. The van der Waals surface area contributed by atoms with Crippen LogP contribution in [0.2, 0.25) is 5.02 Å². The van der Waals surface area contributed by atoms with Gasteiger partial charge in [0.15, 0.2) is 0 Å². The molecule has 4 aromatic rings. The zero-order valence-corrected chi connectivity index (χ0v) is 19.4. The molecule has 2 fully saturated rings. The number of nitrogens with one attached hydrogen (secondary N) is 2. The van der Waals surface area contributed by atoms with Crippen LogP contribution in [-0.2, 0) is 11.3 Å². The molecule has 34 heavy (non-hydrogen) atoms. The van der Waals surface area contributed by atoms with E-state index in [0.29, 0.717) is 17.4 Å². The maximum Gasteiger partial charge on any atom is 0.229 e. The fourth-order valence-electron chi connectivity index (χ4n) is 4.59. The van der Waals surface area contributed by atoms with Gasteiger partial charge in [0.2, 0.25) is 5.91 Å². The highest BCUT2D eigenvalue weighted by atomic mass is 35.5. The van der Waals surface area contributed by atoms with E-state index in [1.54, 1.807) is 6.20 Å². The van der Waals surface area contributed by atoms with Crippen LogP contribution in [0.4, 0.5) is 11.5 Å². The molecule has 5 nitrogen and oxygen atoms in total. The van der Waals surface area contributed by atoms with Crippen LogP contribution in [0.15, 0.2) is 73.1 Å². The van der Waals surface area contributed by atoms with Gasteiger partial charge >= 0.3 is 0 Å². The Morgan fingerprint density at radius 1 is 1.00 bits per heavy atom. The van der Waals surface area contributed by atoms with E-state index in [9.17, 15) is 4.79 Å². The largest absolute Gasteiger partial charge is 0.381 e. The van der Waals surface area contributed by atoms with Crippen molar-refractivity contribution in [1.82, 2.24) is 9.97 Å². The molecule has 0 radical (unpaired) electrons. The first-order valence-electron chi connectivity index (χ1n) is 11.8. The van der Waals surface area contributed by atoms with Gasteiger partial charge in [-0.05, 0) is 84.2 Å². The normalized spacial score (nSPS) is 19.1. The van der Waals surface area contributed by atoms with Gasteiger partial charge in [-0.25, -0.2) is 4.98 Å². The predicted octanol–water partition coefficient (Wildman–Crippen LogP) is 6.51. The number of benzene rings is 2. The molecule has 170 valence electrons. The van der Waals surface area contributed by atoms with Gasteiger partial charge in [0.1, 0.15) is 5.82 Å². The van der Waals surface area contributed by atoms with E-state index < -0.39 is 0 Å². The van der Waals surface area contributed by atoms with E-state index >= 15 is 0 Å². The molecule has 0 spiro atoms. The van der Waals surface area contributed by atoms with Gasteiger partial charge < -0.3 is 10.6 Å². The third-order valence-electron chi connectivity index (χ3n) is 6.72. The SMILES string of the molecule is O=C(Nc1cc(NCc2cnc3ccc(C4CC4)cc3c2)ccn1)C1CC1c1cccc(Cl)c1. The molecule has 6 heteroatoms. The first kappa shape index (κ1) is 21.1. The summed E-state index contributed by atoms with van der Waals surface area (Å²) in [5.41, 5.74) is 5.58. The van der Waals surface area contributed by atoms with Crippen LogP contribution in [-0.4, -0.2) is 15.9 Å². The number of hydrogen-bond donors (Lipinski definition) is 2. The van der Waals surface area contributed by atoms with Crippen molar-refractivity contribution >= 4 is 39.9 Å². The molecule has 2 aliphatic rings. The van der Waals surface area contributed by atoms with Crippen LogP contribution in [0, 0.1) is 5.92 Å². The number of nitrogens with zero attached hydrogens (tertiary/aromatic N) is 2. The number of amides is 1. The molecule has 2 N–H and O–H groups in total. The minimum absolute atomic E-state index is 0.000165. The molecule has 6 rings (SSSR count). The fourth-order valence-corrected chi connectivity index (χ4v) is 4.78.